The molecule has 120 valence electrons. The SMILES string of the molecule is Cc1c(NC(=O)Cn2ncc(Cl)c(Cl)c2=O)cccc1[N+](=O)[O-]. The Morgan fingerprint density at radius 1 is 1.43 bits per heavy atom. The van der Waals surface area contributed by atoms with Crippen molar-refractivity contribution < 1.29 is 9.72 Å². The maximum atomic E-state index is 12.0. The van der Waals surface area contributed by atoms with Crippen molar-refractivity contribution in [1.29, 1.82) is 0 Å². The van der Waals surface area contributed by atoms with Crippen LogP contribution in [0.3, 0.4) is 0 Å². The summed E-state index contributed by atoms with van der Waals surface area (Å²) >= 11 is 11.3. The Bertz CT molecular complexity index is 850. The largest absolute Gasteiger partial charge is 0.324 e. The molecule has 2 rings (SSSR count). The number of amides is 1. The van der Waals surface area contributed by atoms with Gasteiger partial charge in [0.2, 0.25) is 5.91 Å². The maximum absolute atomic E-state index is 12.0. The van der Waals surface area contributed by atoms with Crippen molar-refractivity contribution in [3.63, 3.8) is 0 Å². The van der Waals surface area contributed by atoms with E-state index in [1.165, 1.54) is 25.1 Å². The molecule has 1 aromatic heterocycles. The highest BCUT2D eigenvalue weighted by molar-refractivity contribution is 6.41. The van der Waals surface area contributed by atoms with Crippen LogP contribution in [0.1, 0.15) is 5.56 Å². The van der Waals surface area contributed by atoms with Gasteiger partial charge in [-0.2, -0.15) is 5.10 Å². The van der Waals surface area contributed by atoms with Crippen molar-refractivity contribution in [3.05, 3.63) is 60.5 Å². The molecule has 0 unspecified atom stereocenters. The molecule has 10 heteroatoms. The normalized spacial score (nSPS) is 10.4. The van der Waals surface area contributed by atoms with Crippen molar-refractivity contribution >= 4 is 40.5 Å². The summed E-state index contributed by atoms with van der Waals surface area (Å²) in [5.74, 6) is -0.582. The van der Waals surface area contributed by atoms with E-state index in [0.29, 0.717) is 5.56 Å². The Morgan fingerprint density at radius 3 is 2.78 bits per heavy atom. The van der Waals surface area contributed by atoms with Gasteiger partial charge in [0.15, 0.2) is 0 Å². The van der Waals surface area contributed by atoms with E-state index in [1.54, 1.807) is 0 Å². The summed E-state index contributed by atoms with van der Waals surface area (Å²) in [7, 11) is 0. The zero-order valence-electron chi connectivity index (χ0n) is 11.7. The number of halogens is 2. The van der Waals surface area contributed by atoms with Crippen molar-refractivity contribution in [2.24, 2.45) is 0 Å². The van der Waals surface area contributed by atoms with Crippen LogP contribution < -0.4 is 10.9 Å². The fourth-order valence-corrected chi connectivity index (χ4v) is 2.11. The first-order chi connectivity index (χ1) is 10.8. The monoisotopic (exact) mass is 356 g/mol. The second kappa shape index (κ2) is 6.76. The number of aromatic nitrogens is 2. The lowest BCUT2D eigenvalue weighted by Crippen LogP contribution is -2.30. The van der Waals surface area contributed by atoms with Gasteiger partial charge in [-0.15, -0.1) is 0 Å². The average Bonchev–Trinajstić information content (AvgIpc) is 2.50. The Balaban J connectivity index is 2.21. The molecule has 1 heterocycles. The average molecular weight is 357 g/mol. The van der Waals surface area contributed by atoms with E-state index in [-0.39, 0.29) is 21.4 Å². The second-order valence-electron chi connectivity index (χ2n) is 4.52. The fourth-order valence-electron chi connectivity index (χ4n) is 1.84. The third-order valence-electron chi connectivity index (χ3n) is 3.01. The second-order valence-corrected chi connectivity index (χ2v) is 5.31. The molecule has 2 aromatic rings. The molecule has 0 saturated carbocycles. The molecule has 0 radical (unpaired) electrons. The van der Waals surface area contributed by atoms with Crippen LogP contribution in [0.2, 0.25) is 10.0 Å². The van der Waals surface area contributed by atoms with Gasteiger partial charge in [-0.25, -0.2) is 4.68 Å². The van der Waals surface area contributed by atoms with E-state index >= 15 is 0 Å². The summed E-state index contributed by atoms with van der Waals surface area (Å²) in [4.78, 5) is 34.1. The molecule has 0 aliphatic heterocycles. The number of nitro benzene ring substituents is 1. The zero-order valence-corrected chi connectivity index (χ0v) is 13.3. The highest BCUT2D eigenvalue weighted by atomic mass is 35.5. The summed E-state index contributed by atoms with van der Waals surface area (Å²) in [5, 5.41) is 16.8. The quantitative estimate of drug-likeness (QED) is 0.668. The number of benzene rings is 1. The third kappa shape index (κ3) is 3.66. The summed E-state index contributed by atoms with van der Waals surface area (Å²) in [6.07, 6.45) is 1.15. The van der Waals surface area contributed by atoms with Crippen LogP contribution in [0.15, 0.2) is 29.2 Å². The van der Waals surface area contributed by atoms with Crippen LogP contribution in [0.25, 0.3) is 0 Å². The fraction of sp³-hybridized carbons (Fsp3) is 0.154. The smallest absolute Gasteiger partial charge is 0.287 e. The highest BCUT2D eigenvalue weighted by Gasteiger charge is 2.16. The standard InChI is InChI=1S/C13H10Cl2N4O4/c1-7-9(3-2-4-10(7)19(22)23)17-11(20)6-18-13(21)12(15)8(14)5-16-18/h2-5H,6H2,1H3,(H,17,20). The summed E-state index contributed by atoms with van der Waals surface area (Å²) in [6, 6.07) is 4.30. The van der Waals surface area contributed by atoms with Crippen LogP contribution >= 0.6 is 23.2 Å². The molecule has 1 aromatic carbocycles. The molecule has 23 heavy (non-hydrogen) atoms. The van der Waals surface area contributed by atoms with Gasteiger partial charge in [0.1, 0.15) is 11.6 Å². The molecular formula is C13H10Cl2N4O4. The molecule has 0 saturated heterocycles. The number of nitrogens with one attached hydrogen (secondary N) is 1. The Morgan fingerprint density at radius 2 is 2.13 bits per heavy atom. The number of hydrogen-bond donors (Lipinski definition) is 1. The van der Waals surface area contributed by atoms with Gasteiger partial charge < -0.3 is 5.32 Å². The van der Waals surface area contributed by atoms with Gasteiger partial charge in [-0.1, -0.05) is 29.3 Å². The van der Waals surface area contributed by atoms with Gasteiger partial charge in [-0.3, -0.25) is 19.7 Å². The topological polar surface area (TPSA) is 107 Å². The molecule has 1 N–H and O–H groups in total. The molecule has 1 amide bonds. The minimum absolute atomic E-state index is 0.0112. The molecule has 0 aliphatic carbocycles. The maximum Gasteiger partial charge on any atom is 0.287 e. The third-order valence-corrected chi connectivity index (χ3v) is 3.76. The number of hydrogen-bond acceptors (Lipinski definition) is 5. The lowest BCUT2D eigenvalue weighted by Gasteiger charge is -2.09. The van der Waals surface area contributed by atoms with Crippen LogP contribution in [0, 0.1) is 17.0 Å². The molecule has 0 aliphatic rings. The van der Waals surface area contributed by atoms with Gasteiger partial charge in [0.05, 0.1) is 27.4 Å². The summed E-state index contributed by atoms with van der Waals surface area (Å²) < 4.78 is 0.843. The van der Waals surface area contributed by atoms with Crippen molar-refractivity contribution in [1.82, 2.24) is 9.78 Å². The number of carbonyl (C=O) groups excluding carboxylic acids is 1. The first-order valence-corrected chi connectivity index (χ1v) is 7.02. The van der Waals surface area contributed by atoms with Crippen LogP contribution in [-0.4, -0.2) is 20.6 Å². The number of rotatable bonds is 4. The molecule has 0 atom stereocenters. The van der Waals surface area contributed by atoms with Crippen LogP contribution in [-0.2, 0) is 11.3 Å². The van der Waals surface area contributed by atoms with Crippen LogP contribution in [0.4, 0.5) is 11.4 Å². The molecule has 8 nitrogen and oxygen atoms in total. The number of carbonyl (C=O) groups is 1. The Kier molecular flexibility index (Phi) is 4.97. The zero-order chi connectivity index (χ0) is 17.1. The predicted octanol–water partition coefficient (Wildman–Crippen LogP) is 2.41. The molecular weight excluding hydrogens is 347 g/mol. The predicted molar refractivity (Wildman–Crippen MR) is 85.0 cm³/mol. The number of nitro groups is 1. The summed E-state index contributed by atoms with van der Waals surface area (Å²) in [5.41, 5.74) is -0.240. The van der Waals surface area contributed by atoms with Crippen molar-refractivity contribution in [2.45, 2.75) is 13.5 Å². The van der Waals surface area contributed by atoms with Crippen LogP contribution in [0.5, 0.6) is 0 Å². The van der Waals surface area contributed by atoms with E-state index < -0.39 is 22.9 Å². The van der Waals surface area contributed by atoms with Crippen molar-refractivity contribution in [3.8, 4) is 0 Å². The molecule has 0 spiro atoms. The lowest BCUT2D eigenvalue weighted by atomic mass is 10.1. The molecule has 0 bridgehead atoms. The number of nitrogens with zero attached hydrogens (tertiary/aromatic N) is 3. The molecule has 0 fully saturated rings. The number of anilines is 1. The first kappa shape index (κ1) is 16.9. The Hall–Kier alpha value is -2.45. The minimum atomic E-state index is -0.704. The highest BCUT2D eigenvalue weighted by Crippen LogP contribution is 2.25. The van der Waals surface area contributed by atoms with E-state index in [4.69, 9.17) is 23.2 Å². The van der Waals surface area contributed by atoms with Gasteiger partial charge in [0.25, 0.3) is 11.2 Å². The Labute approximate surface area is 139 Å². The van der Waals surface area contributed by atoms with Gasteiger partial charge >= 0.3 is 0 Å². The first-order valence-electron chi connectivity index (χ1n) is 6.26. The van der Waals surface area contributed by atoms with E-state index in [9.17, 15) is 19.7 Å². The minimum Gasteiger partial charge on any atom is -0.324 e. The van der Waals surface area contributed by atoms with Crippen molar-refractivity contribution in [2.75, 3.05) is 5.32 Å². The lowest BCUT2D eigenvalue weighted by molar-refractivity contribution is -0.385. The van der Waals surface area contributed by atoms with Gasteiger partial charge in [0, 0.05) is 6.07 Å². The summed E-state index contributed by atoms with van der Waals surface area (Å²) in [6.45, 7) is 1.11. The van der Waals surface area contributed by atoms with E-state index in [2.05, 4.69) is 10.4 Å². The van der Waals surface area contributed by atoms with Gasteiger partial charge in [-0.05, 0) is 13.0 Å². The van der Waals surface area contributed by atoms with E-state index in [1.807, 2.05) is 0 Å². The van der Waals surface area contributed by atoms with E-state index in [0.717, 1.165) is 10.9 Å².